The minimum Gasteiger partial charge on any atom is -0.622 e. The second-order valence-electron chi connectivity index (χ2n) is 33.8. The molecular weight excluding hydrogens is 2030 g/mol. The second-order valence-corrected chi connectivity index (χ2v) is 37.1. The summed E-state index contributed by atoms with van der Waals surface area (Å²) in [5, 5.41) is 187. The van der Waals surface area contributed by atoms with Crippen molar-refractivity contribution in [3.8, 4) is 0 Å². The van der Waals surface area contributed by atoms with Gasteiger partial charge in [-0.3, -0.25) is 19.2 Å². The molecule has 0 aromatic carbocycles. The van der Waals surface area contributed by atoms with Crippen LogP contribution in [0.2, 0.25) is 0 Å². The minimum atomic E-state index is -2.13. The predicted molar refractivity (Wildman–Crippen MR) is 449 cm³/mol. The molecule has 14 aliphatic heterocycles. The van der Waals surface area contributed by atoms with Crippen LogP contribution in [0.5, 0.6) is 0 Å². The summed E-state index contributed by atoms with van der Waals surface area (Å²) in [6.07, 6.45) is -75.5. The van der Waals surface area contributed by atoms with Crippen molar-refractivity contribution < 1.29 is 263 Å². The summed E-state index contributed by atoms with van der Waals surface area (Å²) >= 11 is 0.746. The number of hydrogen-bond acceptors (Lipinski definition) is 56. The van der Waals surface area contributed by atoms with Crippen LogP contribution in [0.1, 0.15) is 34.1 Å². The van der Waals surface area contributed by atoms with E-state index < -0.39 is 421 Å². The van der Waals surface area contributed by atoms with E-state index in [9.17, 15) is 106 Å². The normalized spacial score (nSPS) is 46.8. The first kappa shape index (κ1) is 121. The van der Waals surface area contributed by atoms with Crippen LogP contribution in [0.25, 0.3) is 0 Å². The molecule has 0 saturated carbocycles. The number of ether oxygens (including phenoxy) is 26. The Morgan fingerprint density at radius 1 is 0.348 bits per heavy atom. The Labute approximate surface area is 874 Å². The third-order valence-electron chi connectivity index (χ3n) is 24.6. The Morgan fingerprint density at radius 2 is 0.746 bits per heavy atom. The predicted octanol–water partition coefficient (Wildman–Crippen LogP) is -21.5. The van der Waals surface area contributed by atoms with Gasteiger partial charge >= 0.3 is 139 Å². The molecule has 0 aromatic rings. The Hall–Kier alpha value is 1.28. The monoisotopic (exact) mass is 2150 g/mol. The van der Waals surface area contributed by atoms with Crippen molar-refractivity contribution in [2.75, 3.05) is 73.7 Å². The quantitative estimate of drug-likeness (QED) is 0.0207. The Bertz CT molecular complexity index is 3710. The second kappa shape index (κ2) is 55.7. The lowest BCUT2D eigenvalue weighted by Gasteiger charge is -2.48. The molecular formula is C72H118Al10O56. The summed E-state index contributed by atoms with van der Waals surface area (Å²) in [5.41, 5.74) is 0. The topological polar surface area (TPSA) is 735 Å². The highest BCUT2D eigenvalue weighted by Crippen LogP contribution is 2.43. The molecule has 14 saturated heterocycles. The molecule has 4 bridgehead atoms. The maximum atomic E-state index is 13.1. The van der Waals surface area contributed by atoms with Crippen molar-refractivity contribution >= 4 is 191 Å². The van der Waals surface area contributed by atoms with Gasteiger partial charge in [-0.25, -0.2) is 0 Å². The first-order chi connectivity index (χ1) is 64.6. The summed E-state index contributed by atoms with van der Waals surface area (Å²) < 4.78 is 202. The minimum absolute atomic E-state index is 0. The molecule has 14 rings (SSSR count). The molecule has 0 amide bonds. The molecule has 14 heterocycles. The highest BCUT2D eigenvalue weighted by Gasteiger charge is 2.63. The molecule has 14 fully saturated rings. The molecule has 15 unspecified atom stereocenters. The van der Waals surface area contributed by atoms with Crippen molar-refractivity contribution in [3.63, 3.8) is 0 Å². The van der Waals surface area contributed by atoms with Crippen molar-refractivity contribution in [1.82, 2.24) is 0 Å². The van der Waals surface area contributed by atoms with Gasteiger partial charge in [-0.05, 0) is 27.7 Å². The van der Waals surface area contributed by atoms with Crippen LogP contribution in [0.4, 0.5) is 0 Å². The zero-order valence-corrected chi connectivity index (χ0v) is 91.2. The fraction of sp³-hybridized carbons (Fsp3) is 0.944. The van der Waals surface area contributed by atoms with Gasteiger partial charge in [0.05, 0.1) is 108 Å². The van der Waals surface area contributed by atoms with Gasteiger partial charge in [0.15, 0.2) is 93.6 Å². The van der Waals surface area contributed by atoms with E-state index in [0.717, 1.165) is 90.2 Å². The van der Waals surface area contributed by atoms with Crippen LogP contribution < -0.4 is 0 Å². The number of carbonyl (C=O) groups excluding carboxylic acids is 4. The van der Waals surface area contributed by atoms with E-state index in [1.807, 2.05) is 0 Å². The maximum Gasteiger partial charge on any atom is 0.742 e. The van der Waals surface area contributed by atoms with Gasteiger partial charge in [0.25, 0.3) is 0 Å². The van der Waals surface area contributed by atoms with Crippen LogP contribution >= 0.6 is 0 Å². The van der Waals surface area contributed by atoms with E-state index in [2.05, 4.69) is 0 Å². The van der Waals surface area contributed by atoms with Gasteiger partial charge in [-0.1, -0.05) is 0 Å². The number of methoxy groups -OCH3 is 2. The summed E-state index contributed by atoms with van der Waals surface area (Å²) in [4.78, 5) is 51.2. The van der Waals surface area contributed by atoms with Crippen molar-refractivity contribution in [1.29, 1.82) is 0 Å². The molecule has 17 N–H and O–H groups in total. The van der Waals surface area contributed by atoms with Gasteiger partial charge in [-0.15, -0.1) is 0 Å². The van der Waals surface area contributed by atoms with Crippen LogP contribution in [-0.4, -0.2) is 671 Å². The Balaban J connectivity index is 0.000000300. The van der Waals surface area contributed by atoms with Gasteiger partial charge in [0.1, 0.15) is 212 Å². The van der Waals surface area contributed by atoms with Crippen LogP contribution in [0, 0.1) is 0 Å². The SMILES string of the molecule is CC(C)O[C@@H]1OC[C@@H](O[C@@H]2OC[C@@H](O[C@@H]3OC[C@@H](O[C@@H]4OC[C@@H](OC(C)C)[C@H](O)C4O[C@@H]4O[C@@H](CO)[C@H]([O][AlH])[C@@H]4O)C(O[C@@H]4O[C@@H](CO)C([O][AlH])[C@@H]4O)C3O)[C@H](O[C@@H]3O[C@@H](CO)[C@H]([O][AlH])[C@@H]3O)C2OC2CO[C@@H](CO)[C@@H]2O)C(O)C1O.CO[C@@H]1O[C@H]2C(=O)[O][AlH][O]C(C1O)[C@@H]2O[C@@H]1C[C@H](O)[C@@H](O[C@@H]2O[C@H]3C(=O)[O][AlH][O]C(C2O)[C@@H]3O[C@H]2OC(C(=O)[O][AlH])[C@H](OC)[C@@H](O)C2O)C(C(=O)[O][AlH])O1.[AlH2].[AlH2].[Al]. The fourth-order valence-electron chi connectivity index (χ4n) is 17.7. The Morgan fingerprint density at radius 3 is 1.25 bits per heavy atom. The van der Waals surface area contributed by atoms with E-state index in [-0.39, 0.29) is 71.9 Å². The number of hydrogen-bond donors (Lipinski definition) is 17. The van der Waals surface area contributed by atoms with Crippen LogP contribution in [0.15, 0.2) is 0 Å². The van der Waals surface area contributed by atoms with Gasteiger partial charge in [0.2, 0.25) is 0 Å². The lowest BCUT2D eigenvalue weighted by molar-refractivity contribution is -0.385. The zero-order valence-electron chi connectivity index (χ0n) is 76.1. The molecule has 0 aromatic heterocycles. The number of aliphatic hydroxyl groups excluding tert-OH is 17. The molecule has 0 spiro atoms. The molecule has 138 heavy (non-hydrogen) atoms. The molecule has 10 radical (unpaired) electrons. The molecule has 772 valence electrons. The standard InChI is InChI=1S/C46H75O32.C26H36O24.10Al.11H/c1-14(2)67-22-11-65-45(38(30(22)56)78-44-34(60)28(54)19(8-50)72-44)75-23-12-64-41(35(61)36(23)76-42-32(58)26(52)17(6-48)70-42)74-24-13-66-46(73-21-10-63-40(68-15(3)4)31(57)29(21)55)39(69-20-9-62-16(5-47)25(20)51)37(24)77-43-33(59)27(53)18(7-49)71-43;1-42-13-6(28)10(32)26(49-17(13)21(36)37)47-15-8(30)11(33)25(50-19(15)23(40)41)46-12-4(27)3-5(45-16(12)20(34)35)44-14-7(29)9(31)24(43-2)48-18(14)22(38)39;;;;;;;;;;;;;;;;;;;;;/h14-51,55-61H,5-13H2,1-4H3;4-19,24-28,31-33H,3H2,1-2H3,(H,34,35)(H,36,37)(H,38,39)(H,40,41);;;;;;;;;;;;;;;;;;;;;/q-3;-2;;;;5*+1;2*+2;;;;;;;;;;;/p-4/t16-,17-,18-,19-,20?,21+,22+,23+,24+,25-,26?,27-,28-,29?,30-,31?,32-,33-,34-,35?,36?,37-,38?,39?,40-,41-,42-,43-,44-,45-,46-;4-,5-,6-,7?,8?,9?,10?,11?,12+,13+,14-,15-,16?,17?,18+,19+,24+,25+,26-;;;;;;;;;;;;;;;;;;;;;/m00...................../s1. The van der Waals surface area contributed by atoms with E-state index in [1.54, 1.807) is 27.7 Å². The largest absolute Gasteiger partial charge is 0.742 e. The number of rotatable bonds is 35. The number of carbonyl (C=O) groups is 4. The lowest BCUT2D eigenvalue weighted by atomic mass is 9.96. The summed E-state index contributed by atoms with van der Waals surface area (Å²) in [7, 11) is 2.41. The van der Waals surface area contributed by atoms with E-state index in [1.165, 1.54) is 7.11 Å². The third kappa shape index (κ3) is 27.5. The third-order valence-corrected chi connectivity index (χ3v) is 28.1. The number of fused-ring (bicyclic) bond motifs is 4. The highest BCUT2D eigenvalue weighted by atomic mass is 27.2. The smallest absolute Gasteiger partial charge is 0.622 e. The molecule has 0 aliphatic carbocycles. The highest BCUT2D eigenvalue weighted by molar-refractivity contribution is 6.23. The van der Waals surface area contributed by atoms with Crippen LogP contribution in [-0.2, 0) is 176 Å². The average molecular weight is 2150 g/mol. The Kier molecular flexibility index (Phi) is 48.9. The van der Waals surface area contributed by atoms with Gasteiger partial charge < -0.3 is 244 Å². The fourth-order valence-corrected chi connectivity index (χ4v) is 21.0. The summed E-state index contributed by atoms with van der Waals surface area (Å²) in [6, 6.07) is 0. The van der Waals surface area contributed by atoms with Gasteiger partial charge in [0, 0.05) is 38.0 Å². The maximum absolute atomic E-state index is 13.1. The van der Waals surface area contributed by atoms with E-state index in [4.69, 9.17) is 157 Å². The first-order valence-electron chi connectivity index (χ1n) is 43.2. The molecule has 56 nitrogen and oxygen atoms in total. The van der Waals surface area contributed by atoms with Crippen molar-refractivity contribution in [2.24, 2.45) is 0 Å². The number of aliphatic hydroxyl groups is 17. The summed E-state index contributed by atoms with van der Waals surface area (Å²) in [5.74, 6) is -3.89. The van der Waals surface area contributed by atoms with Crippen molar-refractivity contribution in [3.05, 3.63) is 0 Å². The zero-order chi connectivity index (χ0) is 97.6. The average Bonchev–Trinajstić information content (AvgIpc) is 1.24. The summed E-state index contributed by atoms with van der Waals surface area (Å²) in [6.45, 7) is 2.50. The lowest BCUT2D eigenvalue weighted by Crippen LogP contribution is -2.67. The van der Waals surface area contributed by atoms with Crippen LogP contribution in [0.3, 0.4) is 0 Å². The molecule has 14 aliphatic rings. The van der Waals surface area contributed by atoms with E-state index >= 15 is 0 Å². The van der Waals surface area contributed by atoms with E-state index in [0.29, 0.717) is 0 Å². The van der Waals surface area contributed by atoms with Gasteiger partial charge in [-0.2, -0.15) is 0 Å². The molecule has 50 atom stereocenters. The first-order valence-corrected chi connectivity index (χ1v) is 48.4. The van der Waals surface area contributed by atoms with Crippen molar-refractivity contribution in [2.45, 2.75) is 354 Å². The molecule has 66 heteroatoms.